The van der Waals surface area contributed by atoms with E-state index in [1.807, 2.05) is 30.3 Å². The maximum atomic E-state index is 12.6. The molecule has 1 saturated heterocycles. The standard InChI is InChI=1S/C22H22N6O4/c29-20(11-6-17-4-2-1-3-5-17)23-18-7-9-19(10-8-18)28-22(31)27(24-25-28)16-21(30)26-12-14-32-15-13-26/h1-11H,12-16H2,(H,23,29). The number of carbonyl (C=O) groups is 2. The summed E-state index contributed by atoms with van der Waals surface area (Å²) in [5, 5.41) is 10.4. The molecule has 0 unspecified atom stereocenters. The average Bonchev–Trinajstić information content (AvgIpc) is 3.19. The van der Waals surface area contributed by atoms with Gasteiger partial charge in [0.2, 0.25) is 11.8 Å². The highest BCUT2D eigenvalue weighted by Gasteiger charge is 2.19. The summed E-state index contributed by atoms with van der Waals surface area (Å²) in [5.41, 5.74) is 1.44. The van der Waals surface area contributed by atoms with Crippen LogP contribution in [0.5, 0.6) is 0 Å². The second kappa shape index (κ2) is 9.84. The van der Waals surface area contributed by atoms with E-state index in [0.29, 0.717) is 37.7 Å². The fourth-order valence-electron chi connectivity index (χ4n) is 3.18. The molecule has 1 aliphatic rings. The molecule has 0 bridgehead atoms. The highest BCUT2D eigenvalue weighted by Crippen LogP contribution is 2.12. The van der Waals surface area contributed by atoms with Crippen molar-refractivity contribution >= 4 is 23.6 Å². The monoisotopic (exact) mass is 434 g/mol. The Labute approximate surface area is 183 Å². The van der Waals surface area contributed by atoms with Crippen LogP contribution < -0.4 is 11.0 Å². The number of amides is 2. The number of morpholine rings is 1. The molecule has 0 spiro atoms. The second-order valence-corrected chi connectivity index (χ2v) is 7.10. The van der Waals surface area contributed by atoms with Crippen molar-refractivity contribution in [1.82, 2.24) is 24.7 Å². The van der Waals surface area contributed by atoms with Crippen molar-refractivity contribution in [3.8, 4) is 5.69 Å². The normalized spacial score (nSPS) is 13.9. The number of ether oxygens (including phenoxy) is 1. The van der Waals surface area contributed by atoms with Crippen LogP contribution in [0.2, 0.25) is 0 Å². The van der Waals surface area contributed by atoms with Crippen molar-refractivity contribution in [2.24, 2.45) is 0 Å². The van der Waals surface area contributed by atoms with E-state index in [1.165, 1.54) is 6.08 Å². The van der Waals surface area contributed by atoms with Gasteiger partial charge in [0.15, 0.2) is 0 Å². The number of nitrogens with one attached hydrogen (secondary N) is 1. The van der Waals surface area contributed by atoms with Crippen LogP contribution in [0.25, 0.3) is 11.8 Å². The molecule has 10 nitrogen and oxygen atoms in total. The molecule has 3 aromatic rings. The van der Waals surface area contributed by atoms with Gasteiger partial charge in [0.1, 0.15) is 6.54 Å². The van der Waals surface area contributed by atoms with Crippen molar-refractivity contribution in [3.63, 3.8) is 0 Å². The van der Waals surface area contributed by atoms with Crippen molar-refractivity contribution < 1.29 is 14.3 Å². The first-order valence-electron chi connectivity index (χ1n) is 10.1. The lowest BCUT2D eigenvalue weighted by molar-refractivity contribution is -0.136. The fourth-order valence-corrected chi connectivity index (χ4v) is 3.18. The zero-order valence-electron chi connectivity index (χ0n) is 17.3. The second-order valence-electron chi connectivity index (χ2n) is 7.10. The first kappa shape index (κ1) is 21.2. The molecule has 1 N–H and O–H groups in total. The molecule has 32 heavy (non-hydrogen) atoms. The lowest BCUT2D eigenvalue weighted by atomic mass is 10.2. The largest absolute Gasteiger partial charge is 0.378 e. The van der Waals surface area contributed by atoms with Crippen LogP contribution in [0.4, 0.5) is 5.69 Å². The Balaban J connectivity index is 1.38. The molecule has 164 valence electrons. The molecule has 1 aromatic heterocycles. The molecule has 0 radical (unpaired) electrons. The lowest BCUT2D eigenvalue weighted by Crippen LogP contribution is -2.43. The number of hydrogen-bond acceptors (Lipinski definition) is 6. The van der Waals surface area contributed by atoms with Gasteiger partial charge in [-0.15, -0.1) is 0 Å². The number of carbonyl (C=O) groups excluding carboxylic acids is 2. The fraction of sp³-hybridized carbons (Fsp3) is 0.227. The number of aromatic nitrogens is 4. The van der Waals surface area contributed by atoms with E-state index in [2.05, 4.69) is 15.7 Å². The smallest absolute Gasteiger partial charge is 0.368 e. The van der Waals surface area contributed by atoms with Crippen LogP contribution in [-0.2, 0) is 20.9 Å². The molecule has 0 saturated carbocycles. The highest BCUT2D eigenvalue weighted by molar-refractivity contribution is 6.01. The van der Waals surface area contributed by atoms with Crippen LogP contribution in [0, 0.1) is 0 Å². The van der Waals surface area contributed by atoms with E-state index >= 15 is 0 Å². The van der Waals surface area contributed by atoms with Crippen molar-refractivity contribution in [1.29, 1.82) is 0 Å². The van der Waals surface area contributed by atoms with Gasteiger partial charge >= 0.3 is 5.69 Å². The number of hydrogen-bond donors (Lipinski definition) is 1. The molecule has 2 aromatic carbocycles. The Kier molecular flexibility index (Phi) is 6.52. The maximum absolute atomic E-state index is 12.6. The van der Waals surface area contributed by atoms with E-state index in [0.717, 1.165) is 14.9 Å². The summed E-state index contributed by atoms with van der Waals surface area (Å²) in [5.74, 6) is -0.476. The van der Waals surface area contributed by atoms with Gasteiger partial charge < -0.3 is 15.0 Å². The highest BCUT2D eigenvalue weighted by atomic mass is 16.5. The SMILES string of the molecule is O=C(C=Cc1ccccc1)Nc1ccc(-n2nnn(CC(=O)N3CCOCC3)c2=O)cc1. The van der Waals surface area contributed by atoms with Gasteiger partial charge in [0.05, 0.1) is 18.9 Å². The van der Waals surface area contributed by atoms with Gasteiger partial charge in [-0.2, -0.15) is 9.36 Å². The number of benzene rings is 2. The first-order chi connectivity index (χ1) is 15.6. The number of tetrazole rings is 1. The quantitative estimate of drug-likeness (QED) is 0.578. The third kappa shape index (κ3) is 5.16. The third-order valence-electron chi connectivity index (χ3n) is 4.89. The summed E-state index contributed by atoms with van der Waals surface area (Å²) in [6.45, 7) is 1.78. The Morgan fingerprint density at radius 3 is 2.44 bits per heavy atom. The first-order valence-corrected chi connectivity index (χ1v) is 10.1. The van der Waals surface area contributed by atoms with E-state index in [9.17, 15) is 14.4 Å². The molecule has 0 aliphatic carbocycles. The van der Waals surface area contributed by atoms with E-state index in [4.69, 9.17) is 4.74 Å². The Bertz CT molecular complexity index is 1160. The number of rotatable bonds is 6. The van der Waals surface area contributed by atoms with Gasteiger partial charge in [-0.25, -0.2) is 4.79 Å². The number of anilines is 1. The van der Waals surface area contributed by atoms with Gasteiger partial charge in [0.25, 0.3) is 0 Å². The molecule has 1 aliphatic heterocycles. The minimum absolute atomic E-state index is 0.180. The zero-order valence-corrected chi connectivity index (χ0v) is 17.3. The predicted octanol–water partition coefficient (Wildman–Crippen LogP) is 0.940. The summed E-state index contributed by atoms with van der Waals surface area (Å²) in [7, 11) is 0. The van der Waals surface area contributed by atoms with Gasteiger partial charge in [-0.3, -0.25) is 9.59 Å². The summed E-state index contributed by atoms with van der Waals surface area (Å²) in [4.78, 5) is 38.7. The minimum Gasteiger partial charge on any atom is -0.378 e. The summed E-state index contributed by atoms with van der Waals surface area (Å²) >= 11 is 0. The van der Waals surface area contributed by atoms with E-state index < -0.39 is 5.69 Å². The molecule has 2 heterocycles. The molecule has 0 atom stereocenters. The summed E-state index contributed by atoms with van der Waals surface area (Å²) in [6.07, 6.45) is 3.17. The zero-order chi connectivity index (χ0) is 22.3. The summed E-state index contributed by atoms with van der Waals surface area (Å²) in [6, 6.07) is 16.1. The predicted molar refractivity (Wildman–Crippen MR) is 117 cm³/mol. The topological polar surface area (TPSA) is 111 Å². The number of nitrogens with zero attached hydrogens (tertiary/aromatic N) is 5. The molecular formula is C22H22N6O4. The molecule has 10 heteroatoms. The van der Waals surface area contributed by atoms with Crippen molar-refractivity contribution in [3.05, 3.63) is 76.7 Å². The van der Waals surface area contributed by atoms with Crippen LogP contribution in [0.15, 0.2) is 65.5 Å². The molecule has 1 fully saturated rings. The minimum atomic E-state index is -0.519. The molecule has 2 amide bonds. The van der Waals surface area contributed by atoms with Crippen LogP contribution in [-0.4, -0.2) is 62.8 Å². The Hall–Kier alpha value is -4.05. The van der Waals surface area contributed by atoms with Gasteiger partial charge in [-0.1, -0.05) is 30.3 Å². The molecule has 4 rings (SSSR count). The van der Waals surface area contributed by atoms with E-state index in [-0.39, 0.29) is 18.4 Å². The lowest BCUT2D eigenvalue weighted by Gasteiger charge is -2.26. The molecular weight excluding hydrogens is 412 g/mol. The van der Waals surface area contributed by atoms with Gasteiger partial charge in [-0.05, 0) is 46.3 Å². The van der Waals surface area contributed by atoms with Crippen LogP contribution in [0.1, 0.15) is 5.56 Å². The van der Waals surface area contributed by atoms with E-state index in [1.54, 1.807) is 35.2 Å². The van der Waals surface area contributed by atoms with Gasteiger partial charge in [0, 0.05) is 24.9 Å². The Morgan fingerprint density at radius 2 is 1.72 bits per heavy atom. The van der Waals surface area contributed by atoms with Crippen molar-refractivity contribution in [2.45, 2.75) is 6.54 Å². The third-order valence-corrected chi connectivity index (χ3v) is 4.89. The average molecular weight is 434 g/mol. The summed E-state index contributed by atoms with van der Waals surface area (Å²) < 4.78 is 7.36. The maximum Gasteiger partial charge on any atom is 0.368 e. The Morgan fingerprint density at radius 1 is 1.00 bits per heavy atom. The van der Waals surface area contributed by atoms with Crippen LogP contribution in [0.3, 0.4) is 0 Å². The van der Waals surface area contributed by atoms with Crippen LogP contribution >= 0.6 is 0 Å². The van der Waals surface area contributed by atoms with Crippen molar-refractivity contribution in [2.75, 3.05) is 31.6 Å².